The van der Waals surface area contributed by atoms with E-state index < -0.39 is 5.82 Å². The molecule has 2 unspecified atom stereocenters. The Balaban J connectivity index is 2.08. The van der Waals surface area contributed by atoms with Crippen LogP contribution in [-0.2, 0) is 0 Å². The Morgan fingerprint density at radius 2 is 2.32 bits per heavy atom. The molecule has 1 saturated carbocycles. The van der Waals surface area contributed by atoms with Crippen molar-refractivity contribution in [2.75, 3.05) is 5.75 Å². The van der Waals surface area contributed by atoms with Gasteiger partial charge in [-0.05, 0) is 46.7 Å². The van der Waals surface area contributed by atoms with E-state index in [1.54, 1.807) is 12.1 Å². The van der Waals surface area contributed by atoms with E-state index in [1.165, 1.54) is 6.07 Å². The summed E-state index contributed by atoms with van der Waals surface area (Å²) in [5, 5.41) is 3.44. The molecular formula is C14H17BrFNOS. The molecule has 0 bridgehead atoms. The summed E-state index contributed by atoms with van der Waals surface area (Å²) in [5.74, 6) is 0.239. The van der Waals surface area contributed by atoms with Gasteiger partial charge in [-0.15, -0.1) is 0 Å². The zero-order valence-corrected chi connectivity index (χ0v) is 13.2. The molecule has 5 heteroatoms. The fourth-order valence-electron chi connectivity index (χ4n) is 2.46. The molecule has 1 N–H and O–H groups in total. The Morgan fingerprint density at radius 3 is 3.00 bits per heavy atom. The van der Waals surface area contributed by atoms with E-state index in [0.717, 1.165) is 25.0 Å². The lowest BCUT2D eigenvalue weighted by molar-refractivity contribution is 0.0934. The topological polar surface area (TPSA) is 29.1 Å². The van der Waals surface area contributed by atoms with E-state index in [1.807, 2.05) is 11.8 Å². The number of thioether (sulfide) groups is 1. The second-order valence-corrected chi connectivity index (χ2v) is 6.97. The van der Waals surface area contributed by atoms with E-state index in [9.17, 15) is 9.18 Å². The number of hydrogen-bond donors (Lipinski definition) is 1. The Bertz CT molecular complexity index is 449. The van der Waals surface area contributed by atoms with Crippen molar-refractivity contribution in [1.82, 2.24) is 5.32 Å². The van der Waals surface area contributed by atoms with Crippen molar-refractivity contribution in [2.45, 2.75) is 37.5 Å². The normalized spacial score (nSPS) is 22.5. The highest BCUT2D eigenvalue weighted by Crippen LogP contribution is 2.30. The van der Waals surface area contributed by atoms with Gasteiger partial charge in [-0.2, -0.15) is 11.8 Å². The lowest BCUT2D eigenvalue weighted by Crippen LogP contribution is -2.39. The number of carbonyl (C=O) groups is 1. The molecule has 2 atom stereocenters. The van der Waals surface area contributed by atoms with Gasteiger partial charge in [0.05, 0.1) is 5.56 Å². The smallest absolute Gasteiger partial charge is 0.255 e. The van der Waals surface area contributed by atoms with Crippen LogP contribution in [0.1, 0.15) is 36.5 Å². The minimum atomic E-state index is -0.482. The third-order valence-electron chi connectivity index (χ3n) is 3.34. The molecule has 1 aliphatic carbocycles. The van der Waals surface area contributed by atoms with Crippen LogP contribution in [0.15, 0.2) is 22.7 Å². The lowest BCUT2D eigenvalue weighted by Gasteiger charge is -2.20. The van der Waals surface area contributed by atoms with Gasteiger partial charge in [0, 0.05) is 15.8 Å². The van der Waals surface area contributed by atoms with Crippen molar-refractivity contribution in [3.05, 3.63) is 34.1 Å². The Labute approximate surface area is 125 Å². The van der Waals surface area contributed by atoms with Crippen molar-refractivity contribution in [1.29, 1.82) is 0 Å². The SMILES string of the molecule is CCSC1CCCC1NC(=O)c1c(F)cccc1Br. The number of carbonyl (C=O) groups excluding carboxylic acids is 1. The summed E-state index contributed by atoms with van der Waals surface area (Å²) in [5.41, 5.74) is 0.106. The van der Waals surface area contributed by atoms with Gasteiger partial charge in [-0.25, -0.2) is 4.39 Å². The minimum Gasteiger partial charge on any atom is -0.348 e. The molecule has 0 aromatic heterocycles. The maximum atomic E-state index is 13.7. The van der Waals surface area contributed by atoms with Crippen LogP contribution < -0.4 is 5.32 Å². The molecule has 2 rings (SSSR count). The van der Waals surface area contributed by atoms with E-state index in [-0.39, 0.29) is 17.5 Å². The number of rotatable bonds is 4. The van der Waals surface area contributed by atoms with Gasteiger partial charge >= 0.3 is 0 Å². The molecule has 1 amide bonds. The van der Waals surface area contributed by atoms with E-state index >= 15 is 0 Å². The highest BCUT2D eigenvalue weighted by atomic mass is 79.9. The van der Waals surface area contributed by atoms with Crippen molar-refractivity contribution in [3.8, 4) is 0 Å². The summed E-state index contributed by atoms with van der Waals surface area (Å²) in [7, 11) is 0. The Kier molecular flexibility index (Phi) is 5.28. The van der Waals surface area contributed by atoms with Crippen molar-refractivity contribution in [2.24, 2.45) is 0 Å². The van der Waals surface area contributed by atoms with Crippen LogP contribution in [0.25, 0.3) is 0 Å². The fraction of sp³-hybridized carbons (Fsp3) is 0.500. The largest absolute Gasteiger partial charge is 0.348 e. The molecule has 1 aromatic carbocycles. The van der Waals surface area contributed by atoms with Gasteiger partial charge in [0.15, 0.2) is 0 Å². The first-order valence-electron chi connectivity index (χ1n) is 6.50. The van der Waals surface area contributed by atoms with Crippen molar-refractivity contribution >= 4 is 33.6 Å². The van der Waals surface area contributed by atoms with Gasteiger partial charge in [0.2, 0.25) is 0 Å². The summed E-state index contributed by atoms with van der Waals surface area (Å²) in [6.07, 6.45) is 3.23. The summed E-state index contributed by atoms with van der Waals surface area (Å²) >= 11 is 5.11. The maximum Gasteiger partial charge on any atom is 0.255 e. The molecule has 0 saturated heterocycles. The fourth-order valence-corrected chi connectivity index (χ4v) is 4.18. The van der Waals surface area contributed by atoms with Crippen molar-refractivity contribution in [3.63, 3.8) is 0 Å². The van der Waals surface area contributed by atoms with Gasteiger partial charge in [-0.1, -0.05) is 19.4 Å². The monoisotopic (exact) mass is 345 g/mol. The quantitative estimate of drug-likeness (QED) is 0.893. The number of nitrogens with one attached hydrogen (secondary N) is 1. The van der Waals surface area contributed by atoms with Crippen LogP contribution in [0.3, 0.4) is 0 Å². The molecule has 1 aromatic rings. The average Bonchev–Trinajstić information content (AvgIpc) is 2.77. The second kappa shape index (κ2) is 6.75. The van der Waals surface area contributed by atoms with Gasteiger partial charge < -0.3 is 5.32 Å². The standard InChI is InChI=1S/C14H17BrFNOS/c1-2-19-12-8-4-7-11(12)17-14(18)13-9(15)5-3-6-10(13)16/h3,5-6,11-12H,2,4,7-8H2,1H3,(H,17,18). The molecule has 1 aliphatic rings. The predicted molar refractivity (Wildman–Crippen MR) is 81.1 cm³/mol. The molecule has 0 spiro atoms. The first kappa shape index (κ1) is 14.9. The van der Waals surface area contributed by atoms with Crippen LogP contribution in [0.5, 0.6) is 0 Å². The second-order valence-electron chi connectivity index (χ2n) is 4.60. The van der Waals surface area contributed by atoms with Crippen LogP contribution in [0.2, 0.25) is 0 Å². The molecule has 0 aliphatic heterocycles. The van der Waals surface area contributed by atoms with Crippen LogP contribution in [0, 0.1) is 5.82 Å². The number of amides is 1. The van der Waals surface area contributed by atoms with Crippen LogP contribution in [-0.4, -0.2) is 23.0 Å². The minimum absolute atomic E-state index is 0.106. The zero-order valence-electron chi connectivity index (χ0n) is 10.8. The summed E-state index contributed by atoms with van der Waals surface area (Å²) in [6, 6.07) is 4.74. The molecule has 0 radical (unpaired) electrons. The first-order chi connectivity index (χ1) is 9.13. The Hall–Kier alpha value is -0.550. The molecule has 0 heterocycles. The summed E-state index contributed by atoms with van der Waals surface area (Å²) in [6.45, 7) is 2.12. The van der Waals surface area contributed by atoms with E-state index in [2.05, 4.69) is 28.2 Å². The third kappa shape index (κ3) is 3.51. The first-order valence-corrected chi connectivity index (χ1v) is 8.34. The Morgan fingerprint density at radius 1 is 1.53 bits per heavy atom. The number of halogens is 2. The lowest BCUT2D eigenvalue weighted by atomic mass is 10.1. The van der Waals surface area contributed by atoms with Crippen LogP contribution >= 0.6 is 27.7 Å². The van der Waals surface area contributed by atoms with Crippen molar-refractivity contribution < 1.29 is 9.18 Å². The molecule has 104 valence electrons. The average molecular weight is 346 g/mol. The maximum absolute atomic E-state index is 13.7. The molecule has 19 heavy (non-hydrogen) atoms. The van der Waals surface area contributed by atoms with Gasteiger partial charge in [0.1, 0.15) is 5.82 Å². The molecule has 1 fully saturated rings. The molecule has 2 nitrogen and oxygen atoms in total. The van der Waals surface area contributed by atoms with Crippen LogP contribution in [0.4, 0.5) is 4.39 Å². The van der Waals surface area contributed by atoms with E-state index in [0.29, 0.717) is 9.72 Å². The third-order valence-corrected chi connectivity index (χ3v) is 5.33. The van der Waals surface area contributed by atoms with E-state index in [4.69, 9.17) is 0 Å². The molecular weight excluding hydrogens is 329 g/mol. The number of hydrogen-bond acceptors (Lipinski definition) is 2. The summed E-state index contributed by atoms with van der Waals surface area (Å²) < 4.78 is 14.2. The number of benzene rings is 1. The summed E-state index contributed by atoms with van der Waals surface area (Å²) in [4.78, 5) is 12.2. The highest BCUT2D eigenvalue weighted by molar-refractivity contribution is 9.10. The van der Waals surface area contributed by atoms with Gasteiger partial charge in [-0.3, -0.25) is 4.79 Å². The predicted octanol–water partition coefficient (Wildman–Crippen LogP) is 3.99. The van der Waals surface area contributed by atoms with Gasteiger partial charge in [0.25, 0.3) is 5.91 Å². The zero-order chi connectivity index (χ0) is 13.8. The highest BCUT2D eigenvalue weighted by Gasteiger charge is 2.29.